The number of hydrogen-bond donors (Lipinski definition) is 2. The predicted octanol–water partition coefficient (Wildman–Crippen LogP) is 2.13. The van der Waals surface area contributed by atoms with Gasteiger partial charge in [0.25, 0.3) is 0 Å². The van der Waals surface area contributed by atoms with Crippen molar-refractivity contribution < 1.29 is 9.90 Å². The highest BCUT2D eigenvalue weighted by Gasteiger charge is 2.35. The number of nitrogens with zero attached hydrogens (tertiary/aromatic N) is 2. The molecule has 2 heterocycles. The maximum atomic E-state index is 12.3. The van der Waals surface area contributed by atoms with Crippen LogP contribution in [0.2, 0.25) is 0 Å². The fourth-order valence-electron chi connectivity index (χ4n) is 3.15. The number of amides is 1. The Morgan fingerprint density at radius 2 is 2.00 bits per heavy atom. The summed E-state index contributed by atoms with van der Waals surface area (Å²) in [6.07, 6.45) is 0.388. The van der Waals surface area contributed by atoms with E-state index in [0.717, 1.165) is 16.6 Å². The van der Waals surface area contributed by atoms with E-state index in [1.165, 1.54) is 4.90 Å². The Kier molecular flexibility index (Phi) is 3.04. The molecule has 0 spiro atoms. The lowest BCUT2D eigenvalue weighted by Crippen LogP contribution is -2.48. The van der Waals surface area contributed by atoms with Crippen LogP contribution in [0.1, 0.15) is 25.3 Å². The average Bonchev–Trinajstić information content (AvgIpc) is 2.75. The van der Waals surface area contributed by atoms with Gasteiger partial charge in [0.05, 0.1) is 16.6 Å². The van der Waals surface area contributed by atoms with Crippen LogP contribution in [0, 0.1) is 6.92 Å². The standard InChI is InChI=1S/C15H19N3O3/c1-10-3-4-11-12(9-10)18(13(19)16-11)15(2)5-7-17(8-6-15)14(20)21/h3-4,9H,5-8H2,1-2H3,(H,16,19)(H,20,21). The van der Waals surface area contributed by atoms with Crippen LogP contribution >= 0.6 is 0 Å². The minimum Gasteiger partial charge on any atom is -0.465 e. The highest BCUT2D eigenvalue weighted by molar-refractivity contribution is 5.76. The Hall–Kier alpha value is -2.24. The number of imidazole rings is 1. The summed E-state index contributed by atoms with van der Waals surface area (Å²) in [6.45, 7) is 4.94. The first-order valence-corrected chi connectivity index (χ1v) is 7.10. The number of aryl methyl sites for hydroxylation is 1. The zero-order valence-corrected chi connectivity index (χ0v) is 12.2. The van der Waals surface area contributed by atoms with Crippen LogP contribution in [0.4, 0.5) is 4.79 Å². The number of aromatic amines is 1. The van der Waals surface area contributed by atoms with Gasteiger partial charge in [0.15, 0.2) is 0 Å². The van der Waals surface area contributed by atoms with Crippen LogP contribution in [0.25, 0.3) is 11.0 Å². The average molecular weight is 289 g/mol. The molecule has 1 amide bonds. The predicted molar refractivity (Wildman–Crippen MR) is 79.8 cm³/mol. The molecule has 0 unspecified atom stereocenters. The maximum absolute atomic E-state index is 12.3. The number of likely N-dealkylation sites (tertiary alicyclic amines) is 1. The van der Waals surface area contributed by atoms with E-state index in [9.17, 15) is 9.59 Å². The Morgan fingerprint density at radius 3 is 2.62 bits per heavy atom. The molecule has 1 aromatic carbocycles. The summed E-state index contributed by atoms with van der Waals surface area (Å²) in [5, 5.41) is 9.05. The summed E-state index contributed by atoms with van der Waals surface area (Å²) in [5.74, 6) is 0. The van der Waals surface area contributed by atoms with Crippen LogP contribution in [-0.2, 0) is 5.54 Å². The molecule has 6 nitrogen and oxygen atoms in total. The highest BCUT2D eigenvalue weighted by Crippen LogP contribution is 2.31. The molecule has 1 fully saturated rings. The van der Waals surface area contributed by atoms with Gasteiger partial charge in [0.2, 0.25) is 0 Å². The van der Waals surface area contributed by atoms with Gasteiger partial charge in [-0.1, -0.05) is 6.07 Å². The monoisotopic (exact) mass is 289 g/mol. The number of piperidine rings is 1. The van der Waals surface area contributed by atoms with E-state index in [1.54, 1.807) is 4.57 Å². The third-order valence-corrected chi connectivity index (χ3v) is 4.49. The first-order chi connectivity index (χ1) is 9.90. The zero-order chi connectivity index (χ0) is 15.2. The van der Waals surface area contributed by atoms with E-state index in [4.69, 9.17) is 5.11 Å². The Balaban J connectivity index is 2.04. The van der Waals surface area contributed by atoms with E-state index >= 15 is 0 Å². The number of nitrogens with one attached hydrogen (secondary N) is 1. The molecule has 0 radical (unpaired) electrons. The molecule has 3 rings (SSSR count). The molecule has 1 aromatic heterocycles. The molecule has 0 aliphatic carbocycles. The van der Waals surface area contributed by atoms with Crippen molar-refractivity contribution in [3.8, 4) is 0 Å². The molecule has 21 heavy (non-hydrogen) atoms. The number of rotatable bonds is 1. The Morgan fingerprint density at radius 1 is 1.33 bits per heavy atom. The molecule has 1 saturated heterocycles. The van der Waals surface area contributed by atoms with E-state index in [2.05, 4.69) is 4.98 Å². The number of carbonyl (C=O) groups is 1. The smallest absolute Gasteiger partial charge is 0.407 e. The normalized spacial score (nSPS) is 18.1. The Labute approximate surface area is 122 Å². The minimum atomic E-state index is -0.890. The molecule has 2 N–H and O–H groups in total. The van der Waals surface area contributed by atoms with Crippen LogP contribution in [-0.4, -0.2) is 38.7 Å². The second kappa shape index (κ2) is 4.65. The molecule has 6 heteroatoms. The van der Waals surface area contributed by atoms with Gasteiger partial charge in [0, 0.05) is 13.1 Å². The van der Waals surface area contributed by atoms with Crippen molar-refractivity contribution in [2.75, 3.05) is 13.1 Å². The molecule has 0 atom stereocenters. The van der Waals surface area contributed by atoms with Gasteiger partial charge >= 0.3 is 11.8 Å². The van der Waals surface area contributed by atoms with E-state index in [-0.39, 0.29) is 11.2 Å². The van der Waals surface area contributed by atoms with Gasteiger partial charge in [-0.05, 0) is 44.4 Å². The summed E-state index contributed by atoms with van der Waals surface area (Å²) >= 11 is 0. The fraction of sp³-hybridized carbons (Fsp3) is 0.467. The van der Waals surface area contributed by atoms with Crippen molar-refractivity contribution in [1.82, 2.24) is 14.5 Å². The summed E-state index contributed by atoms with van der Waals surface area (Å²) in [5.41, 5.74) is 2.34. The molecule has 0 saturated carbocycles. The van der Waals surface area contributed by atoms with Gasteiger partial charge in [-0.2, -0.15) is 0 Å². The number of aromatic nitrogens is 2. The van der Waals surface area contributed by atoms with Crippen molar-refractivity contribution in [2.24, 2.45) is 0 Å². The Bertz CT molecular complexity index is 751. The number of H-pyrrole nitrogens is 1. The number of benzene rings is 1. The largest absolute Gasteiger partial charge is 0.465 e. The first-order valence-electron chi connectivity index (χ1n) is 7.10. The van der Waals surface area contributed by atoms with Crippen LogP contribution < -0.4 is 5.69 Å². The van der Waals surface area contributed by atoms with E-state index < -0.39 is 6.09 Å². The summed E-state index contributed by atoms with van der Waals surface area (Å²) in [6, 6.07) is 5.89. The molecule has 1 aliphatic rings. The summed E-state index contributed by atoms with van der Waals surface area (Å²) < 4.78 is 1.80. The highest BCUT2D eigenvalue weighted by atomic mass is 16.4. The van der Waals surface area contributed by atoms with Crippen molar-refractivity contribution >= 4 is 17.1 Å². The van der Waals surface area contributed by atoms with Crippen molar-refractivity contribution in [3.63, 3.8) is 0 Å². The first kappa shape index (κ1) is 13.7. The van der Waals surface area contributed by atoms with E-state index in [0.29, 0.717) is 25.9 Å². The molecule has 112 valence electrons. The second-order valence-corrected chi connectivity index (χ2v) is 6.05. The number of hydrogen-bond acceptors (Lipinski definition) is 2. The topological polar surface area (TPSA) is 78.3 Å². The van der Waals surface area contributed by atoms with Gasteiger partial charge in [0.1, 0.15) is 0 Å². The lowest BCUT2D eigenvalue weighted by atomic mass is 9.89. The molecule has 2 aromatic rings. The van der Waals surface area contributed by atoms with Crippen LogP contribution in [0.3, 0.4) is 0 Å². The third kappa shape index (κ3) is 2.20. The second-order valence-electron chi connectivity index (χ2n) is 6.05. The molecule has 1 aliphatic heterocycles. The van der Waals surface area contributed by atoms with Gasteiger partial charge in [-0.3, -0.25) is 4.57 Å². The molecular weight excluding hydrogens is 270 g/mol. The number of carboxylic acid groups (broad SMARTS) is 1. The lowest BCUT2D eigenvalue weighted by Gasteiger charge is -2.39. The quantitative estimate of drug-likeness (QED) is 0.844. The van der Waals surface area contributed by atoms with Crippen molar-refractivity contribution in [3.05, 3.63) is 34.2 Å². The zero-order valence-electron chi connectivity index (χ0n) is 12.2. The maximum Gasteiger partial charge on any atom is 0.407 e. The fourth-order valence-corrected chi connectivity index (χ4v) is 3.15. The molecule has 0 bridgehead atoms. The lowest BCUT2D eigenvalue weighted by molar-refractivity contribution is 0.101. The van der Waals surface area contributed by atoms with Crippen LogP contribution in [0.15, 0.2) is 23.0 Å². The van der Waals surface area contributed by atoms with Gasteiger partial charge in [-0.25, -0.2) is 9.59 Å². The molecular formula is C15H19N3O3. The third-order valence-electron chi connectivity index (χ3n) is 4.49. The minimum absolute atomic E-state index is 0.123. The van der Waals surface area contributed by atoms with E-state index in [1.807, 2.05) is 32.0 Å². The number of fused-ring (bicyclic) bond motifs is 1. The van der Waals surface area contributed by atoms with Crippen LogP contribution in [0.5, 0.6) is 0 Å². The van der Waals surface area contributed by atoms with Crippen molar-refractivity contribution in [2.45, 2.75) is 32.2 Å². The summed E-state index contributed by atoms with van der Waals surface area (Å²) in [4.78, 5) is 27.7. The summed E-state index contributed by atoms with van der Waals surface area (Å²) in [7, 11) is 0. The SMILES string of the molecule is Cc1ccc2[nH]c(=O)n(C3(C)CCN(C(=O)O)CC3)c2c1. The van der Waals surface area contributed by atoms with Gasteiger partial charge < -0.3 is 15.0 Å². The van der Waals surface area contributed by atoms with Gasteiger partial charge in [-0.15, -0.1) is 0 Å². The van der Waals surface area contributed by atoms with Crippen molar-refractivity contribution in [1.29, 1.82) is 0 Å².